The van der Waals surface area contributed by atoms with Gasteiger partial charge in [0.1, 0.15) is 17.5 Å². The maximum Gasteiger partial charge on any atom is 0.356 e. The highest BCUT2D eigenvalue weighted by Crippen LogP contribution is 2.38. The summed E-state index contributed by atoms with van der Waals surface area (Å²) in [5, 5.41) is 16.0. The van der Waals surface area contributed by atoms with Crippen molar-refractivity contribution in [1.82, 2.24) is 15.2 Å². The molecule has 3 heterocycles. The molecule has 1 aliphatic rings. The van der Waals surface area contributed by atoms with Gasteiger partial charge in [0.25, 0.3) is 0 Å². The number of carbonyl (C=O) groups excluding carboxylic acids is 1. The molecule has 0 radical (unpaired) electrons. The molecular formula is C18H13N5O4. The number of methoxy groups -OCH3 is 1. The highest BCUT2D eigenvalue weighted by atomic mass is 16.7. The van der Waals surface area contributed by atoms with Gasteiger partial charge in [-0.1, -0.05) is 0 Å². The Morgan fingerprint density at radius 1 is 1.30 bits per heavy atom. The predicted octanol–water partition coefficient (Wildman–Crippen LogP) is 2.11. The molecule has 0 fully saturated rings. The Hall–Kier alpha value is -4.06. The van der Waals surface area contributed by atoms with Crippen molar-refractivity contribution in [3.05, 3.63) is 41.7 Å². The van der Waals surface area contributed by atoms with Gasteiger partial charge in [0.2, 0.25) is 6.79 Å². The van der Waals surface area contributed by atoms with Crippen molar-refractivity contribution < 1.29 is 19.0 Å². The Balaban J connectivity index is 1.89. The van der Waals surface area contributed by atoms with Crippen molar-refractivity contribution in [2.24, 2.45) is 0 Å². The molecule has 1 aromatic carbocycles. The minimum Gasteiger partial charge on any atom is -0.464 e. The number of anilines is 1. The van der Waals surface area contributed by atoms with E-state index in [0.29, 0.717) is 28.3 Å². The van der Waals surface area contributed by atoms with Gasteiger partial charge in [0.05, 0.1) is 19.0 Å². The Bertz CT molecular complexity index is 1100. The number of aromatic nitrogens is 3. The van der Waals surface area contributed by atoms with Gasteiger partial charge >= 0.3 is 5.97 Å². The zero-order valence-electron chi connectivity index (χ0n) is 14.1. The fourth-order valence-electron chi connectivity index (χ4n) is 2.85. The average molecular weight is 363 g/mol. The Morgan fingerprint density at radius 3 is 2.89 bits per heavy atom. The van der Waals surface area contributed by atoms with Crippen LogP contribution in [-0.2, 0) is 4.74 Å². The first-order valence-corrected chi connectivity index (χ1v) is 7.85. The first-order valence-electron chi connectivity index (χ1n) is 7.85. The van der Waals surface area contributed by atoms with Crippen LogP contribution in [0.15, 0.2) is 30.5 Å². The van der Waals surface area contributed by atoms with Gasteiger partial charge in [0, 0.05) is 16.7 Å². The van der Waals surface area contributed by atoms with E-state index in [0.717, 1.165) is 5.56 Å². The summed E-state index contributed by atoms with van der Waals surface area (Å²) in [4.78, 5) is 16.3. The van der Waals surface area contributed by atoms with E-state index >= 15 is 0 Å². The molecule has 0 amide bonds. The van der Waals surface area contributed by atoms with Crippen LogP contribution in [0.4, 0.5) is 5.82 Å². The zero-order valence-corrected chi connectivity index (χ0v) is 14.1. The molecule has 1 aliphatic heterocycles. The molecule has 4 rings (SSSR count). The van der Waals surface area contributed by atoms with Crippen LogP contribution in [0.25, 0.3) is 22.4 Å². The number of esters is 1. The summed E-state index contributed by atoms with van der Waals surface area (Å²) in [6.07, 6.45) is 1.44. The smallest absolute Gasteiger partial charge is 0.356 e. The van der Waals surface area contributed by atoms with Crippen LogP contribution in [0.5, 0.6) is 11.5 Å². The summed E-state index contributed by atoms with van der Waals surface area (Å²) in [5.74, 6) is 0.673. The molecule has 0 saturated carbocycles. The monoisotopic (exact) mass is 363 g/mol. The Kier molecular flexibility index (Phi) is 3.86. The molecule has 0 bridgehead atoms. The number of ether oxygens (including phenoxy) is 3. The number of fused-ring (bicyclic) bond motifs is 1. The van der Waals surface area contributed by atoms with E-state index in [-0.39, 0.29) is 23.9 Å². The molecule has 9 heteroatoms. The topological polar surface area (TPSA) is 136 Å². The molecule has 134 valence electrons. The summed E-state index contributed by atoms with van der Waals surface area (Å²) < 4.78 is 15.5. The SMILES string of the molecule is COC(=O)c1[nH]ncc1-c1cc(-c2ccc3c(c2)OCO3)nc(N)c1C#N. The first kappa shape index (κ1) is 16.4. The molecule has 3 aromatic rings. The number of nitrogens with zero attached hydrogens (tertiary/aromatic N) is 3. The lowest BCUT2D eigenvalue weighted by Gasteiger charge is -2.10. The van der Waals surface area contributed by atoms with Crippen molar-refractivity contribution in [2.75, 3.05) is 19.6 Å². The number of H-pyrrole nitrogens is 1. The molecule has 0 spiro atoms. The van der Waals surface area contributed by atoms with Gasteiger partial charge in [0.15, 0.2) is 17.2 Å². The summed E-state index contributed by atoms with van der Waals surface area (Å²) >= 11 is 0. The Labute approximate surface area is 153 Å². The largest absolute Gasteiger partial charge is 0.464 e. The fraction of sp³-hybridized carbons (Fsp3) is 0.111. The second-order valence-electron chi connectivity index (χ2n) is 5.65. The van der Waals surface area contributed by atoms with Crippen LogP contribution in [-0.4, -0.2) is 35.1 Å². The predicted molar refractivity (Wildman–Crippen MR) is 93.8 cm³/mol. The number of benzene rings is 1. The maximum absolute atomic E-state index is 12.0. The molecule has 9 nitrogen and oxygen atoms in total. The average Bonchev–Trinajstić information content (AvgIpc) is 3.35. The lowest BCUT2D eigenvalue weighted by Crippen LogP contribution is -2.05. The maximum atomic E-state index is 12.0. The van der Waals surface area contributed by atoms with Gasteiger partial charge in [-0.25, -0.2) is 9.78 Å². The summed E-state index contributed by atoms with van der Waals surface area (Å²) in [6, 6.07) is 9.05. The van der Waals surface area contributed by atoms with Gasteiger partial charge in [-0.3, -0.25) is 5.10 Å². The third kappa shape index (κ3) is 2.69. The minimum absolute atomic E-state index is 0.0414. The number of hydrogen-bond acceptors (Lipinski definition) is 8. The van der Waals surface area contributed by atoms with Gasteiger partial charge in [-0.15, -0.1) is 0 Å². The van der Waals surface area contributed by atoms with Gasteiger partial charge in [-0.05, 0) is 24.3 Å². The van der Waals surface area contributed by atoms with E-state index in [1.165, 1.54) is 13.3 Å². The fourth-order valence-corrected chi connectivity index (χ4v) is 2.85. The number of nitrogens with one attached hydrogen (secondary N) is 1. The number of hydrogen-bond donors (Lipinski definition) is 2. The number of aromatic amines is 1. The number of rotatable bonds is 3. The summed E-state index contributed by atoms with van der Waals surface area (Å²) in [7, 11) is 1.26. The molecule has 27 heavy (non-hydrogen) atoms. The standard InChI is InChI=1S/C18H13N5O4/c1-25-18(24)16-12(7-21-23-16)10-5-13(22-17(20)11(10)6-19)9-2-3-14-15(4-9)27-8-26-14/h2-5,7H,8H2,1H3,(H2,20,22)(H,21,23). The summed E-state index contributed by atoms with van der Waals surface area (Å²) in [6.45, 7) is 0.157. The lowest BCUT2D eigenvalue weighted by atomic mass is 9.98. The van der Waals surface area contributed by atoms with E-state index in [1.54, 1.807) is 18.2 Å². The molecule has 0 atom stereocenters. The van der Waals surface area contributed by atoms with E-state index in [4.69, 9.17) is 19.9 Å². The molecule has 3 N–H and O–H groups in total. The van der Waals surface area contributed by atoms with E-state index < -0.39 is 5.97 Å². The van der Waals surface area contributed by atoms with E-state index in [2.05, 4.69) is 15.2 Å². The highest BCUT2D eigenvalue weighted by molar-refractivity contribution is 5.97. The molecule has 0 saturated heterocycles. The number of pyridine rings is 1. The third-order valence-corrected chi connectivity index (χ3v) is 4.15. The number of nitriles is 1. The molecule has 0 aliphatic carbocycles. The number of nitrogens with two attached hydrogens (primary N) is 1. The minimum atomic E-state index is -0.605. The van der Waals surface area contributed by atoms with Crippen LogP contribution in [0.2, 0.25) is 0 Å². The normalized spacial score (nSPS) is 11.9. The first-order chi connectivity index (χ1) is 13.1. The van der Waals surface area contributed by atoms with Crippen LogP contribution >= 0.6 is 0 Å². The molecule has 0 unspecified atom stereocenters. The molecular weight excluding hydrogens is 350 g/mol. The Morgan fingerprint density at radius 2 is 2.11 bits per heavy atom. The van der Waals surface area contributed by atoms with Gasteiger partial charge < -0.3 is 19.9 Å². The second kappa shape index (κ2) is 6.34. The van der Waals surface area contributed by atoms with Gasteiger partial charge in [-0.2, -0.15) is 10.4 Å². The van der Waals surface area contributed by atoms with E-state index in [1.807, 2.05) is 12.1 Å². The lowest BCUT2D eigenvalue weighted by molar-refractivity contribution is 0.0595. The second-order valence-corrected chi connectivity index (χ2v) is 5.65. The van der Waals surface area contributed by atoms with Crippen molar-refractivity contribution in [3.63, 3.8) is 0 Å². The van der Waals surface area contributed by atoms with Crippen molar-refractivity contribution >= 4 is 11.8 Å². The highest BCUT2D eigenvalue weighted by Gasteiger charge is 2.22. The third-order valence-electron chi connectivity index (χ3n) is 4.15. The summed E-state index contributed by atoms with van der Waals surface area (Å²) in [5.41, 5.74) is 8.33. The van der Waals surface area contributed by atoms with E-state index in [9.17, 15) is 10.1 Å². The van der Waals surface area contributed by atoms with Crippen LogP contribution < -0.4 is 15.2 Å². The number of carbonyl (C=O) groups is 1. The molecule has 2 aromatic heterocycles. The van der Waals surface area contributed by atoms with Crippen molar-refractivity contribution in [2.45, 2.75) is 0 Å². The van der Waals surface area contributed by atoms with Crippen molar-refractivity contribution in [1.29, 1.82) is 5.26 Å². The van der Waals surface area contributed by atoms with Crippen LogP contribution in [0.3, 0.4) is 0 Å². The quantitative estimate of drug-likeness (QED) is 0.675. The number of nitrogen functional groups attached to an aromatic ring is 1. The zero-order chi connectivity index (χ0) is 19.0. The van der Waals surface area contributed by atoms with Crippen LogP contribution in [0, 0.1) is 11.3 Å². The van der Waals surface area contributed by atoms with Crippen LogP contribution in [0.1, 0.15) is 16.1 Å². The van der Waals surface area contributed by atoms with Crippen molar-refractivity contribution in [3.8, 4) is 40.0 Å².